The zero-order chi connectivity index (χ0) is 19.2. The van der Waals surface area contributed by atoms with Gasteiger partial charge in [-0.25, -0.2) is 0 Å². The fourth-order valence-corrected chi connectivity index (χ4v) is 5.30. The molecule has 146 valence electrons. The number of anilines is 1. The first-order valence-electron chi connectivity index (χ1n) is 9.93. The first kappa shape index (κ1) is 20.3. The minimum Gasteiger partial charge on any atom is -0.354 e. The maximum Gasteiger partial charge on any atom is 0.171 e. The van der Waals surface area contributed by atoms with Crippen LogP contribution in [0.3, 0.4) is 0 Å². The number of piperazine rings is 1. The Hall–Kier alpha value is -1.47. The topological polar surface area (TPSA) is 32.9 Å². The maximum absolute atomic E-state index is 5.63. The van der Waals surface area contributed by atoms with Crippen molar-refractivity contribution in [2.24, 2.45) is 0 Å². The van der Waals surface area contributed by atoms with E-state index < -0.39 is 0 Å². The van der Waals surface area contributed by atoms with Crippen LogP contribution >= 0.6 is 23.6 Å². The van der Waals surface area contributed by atoms with Crippen LogP contribution in [0, 0.1) is 6.92 Å². The second-order valence-electron chi connectivity index (χ2n) is 7.46. The molecule has 1 aliphatic rings. The highest BCUT2D eigenvalue weighted by Crippen LogP contribution is 2.20. The van der Waals surface area contributed by atoms with Gasteiger partial charge in [0.05, 0.1) is 17.5 Å². The Balaban J connectivity index is 1.67. The van der Waals surface area contributed by atoms with Gasteiger partial charge in [0.25, 0.3) is 0 Å². The van der Waals surface area contributed by atoms with Crippen molar-refractivity contribution in [3.8, 4) is 0 Å². The van der Waals surface area contributed by atoms with Crippen molar-refractivity contribution in [2.75, 3.05) is 38.0 Å². The molecule has 2 aromatic rings. The van der Waals surface area contributed by atoms with E-state index in [2.05, 4.69) is 61.1 Å². The third kappa shape index (κ3) is 5.29. The number of quaternary nitrogens is 2. The van der Waals surface area contributed by atoms with Crippen LogP contribution < -0.4 is 20.4 Å². The van der Waals surface area contributed by atoms with Gasteiger partial charge in [-0.2, -0.15) is 0 Å². The summed E-state index contributed by atoms with van der Waals surface area (Å²) in [6.45, 7) is 12.8. The Bertz CT molecular complexity index is 724. The lowest BCUT2D eigenvalue weighted by Crippen LogP contribution is -3.28. The van der Waals surface area contributed by atoms with Gasteiger partial charge in [0.1, 0.15) is 32.2 Å². The van der Waals surface area contributed by atoms with Crippen LogP contribution in [0.15, 0.2) is 41.8 Å². The van der Waals surface area contributed by atoms with Crippen LogP contribution in [0.1, 0.15) is 30.3 Å². The predicted molar refractivity (Wildman–Crippen MR) is 119 cm³/mol. The molecule has 1 aromatic carbocycles. The van der Waals surface area contributed by atoms with E-state index in [1.165, 1.54) is 43.2 Å². The molecule has 4 nitrogen and oxygen atoms in total. The zero-order valence-electron chi connectivity index (χ0n) is 16.5. The third-order valence-corrected chi connectivity index (χ3v) is 6.82. The summed E-state index contributed by atoms with van der Waals surface area (Å²) in [6.07, 6.45) is 0. The molecule has 6 heteroatoms. The van der Waals surface area contributed by atoms with E-state index in [9.17, 15) is 0 Å². The lowest BCUT2D eigenvalue weighted by atomic mass is 10.0. The molecule has 0 spiro atoms. The Labute approximate surface area is 172 Å². The van der Waals surface area contributed by atoms with Gasteiger partial charge < -0.3 is 20.4 Å². The van der Waals surface area contributed by atoms with E-state index in [0.29, 0.717) is 11.2 Å². The summed E-state index contributed by atoms with van der Waals surface area (Å²) < 4.78 is 0. The molecular weight excluding hydrogens is 372 g/mol. The van der Waals surface area contributed by atoms with Crippen LogP contribution in [0.2, 0.25) is 0 Å². The second kappa shape index (κ2) is 9.64. The molecule has 1 aliphatic heterocycles. The highest BCUT2D eigenvalue weighted by molar-refractivity contribution is 7.80. The van der Waals surface area contributed by atoms with E-state index in [1.54, 1.807) is 9.80 Å². The van der Waals surface area contributed by atoms with Gasteiger partial charge in [0.15, 0.2) is 5.11 Å². The smallest absolute Gasteiger partial charge is 0.171 e. The Kier molecular flexibility index (Phi) is 7.24. The molecule has 1 saturated heterocycles. The van der Waals surface area contributed by atoms with Crippen LogP contribution in [-0.4, -0.2) is 43.9 Å². The highest BCUT2D eigenvalue weighted by atomic mass is 32.1. The van der Waals surface area contributed by atoms with E-state index >= 15 is 0 Å². The molecule has 0 saturated carbocycles. The second-order valence-corrected chi connectivity index (χ2v) is 8.84. The quantitative estimate of drug-likeness (QED) is 0.548. The Morgan fingerprint density at radius 3 is 2.52 bits per heavy atom. The molecule has 4 N–H and O–H groups in total. The predicted octanol–water partition coefficient (Wildman–Crippen LogP) is 1.28. The molecule has 1 fully saturated rings. The number of rotatable bonds is 6. The summed E-state index contributed by atoms with van der Waals surface area (Å²) in [5, 5.41) is 9.83. The average Bonchev–Trinajstić information content (AvgIpc) is 3.18. The molecule has 1 aromatic heterocycles. The van der Waals surface area contributed by atoms with Gasteiger partial charge in [0, 0.05) is 5.69 Å². The average molecular weight is 405 g/mol. The summed E-state index contributed by atoms with van der Waals surface area (Å²) in [5.74, 6) is 0. The first-order chi connectivity index (χ1) is 13.1. The molecule has 27 heavy (non-hydrogen) atoms. The van der Waals surface area contributed by atoms with Gasteiger partial charge in [-0.1, -0.05) is 24.3 Å². The minimum atomic E-state index is 0.269. The molecule has 2 heterocycles. The fourth-order valence-electron chi connectivity index (χ4n) is 4.02. The summed E-state index contributed by atoms with van der Waals surface area (Å²) in [4.78, 5) is 4.85. The number of benzene rings is 1. The molecule has 0 radical (unpaired) electrons. The van der Waals surface area contributed by atoms with E-state index in [4.69, 9.17) is 12.2 Å². The number of aryl methyl sites for hydroxylation is 1. The number of hydrogen-bond donors (Lipinski definition) is 4. The monoisotopic (exact) mass is 404 g/mol. The Morgan fingerprint density at radius 2 is 1.89 bits per heavy atom. The van der Waals surface area contributed by atoms with Gasteiger partial charge in [-0.15, -0.1) is 11.3 Å². The minimum absolute atomic E-state index is 0.269. The van der Waals surface area contributed by atoms with Crippen molar-refractivity contribution in [1.29, 1.82) is 0 Å². The first-order valence-corrected chi connectivity index (χ1v) is 11.2. The van der Waals surface area contributed by atoms with Crippen LogP contribution in [0.25, 0.3) is 0 Å². The van der Waals surface area contributed by atoms with Crippen molar-refractivity contribution >= 4 is 34.4 Å². The maximum atomic E-state index is 5.63. The zero-order valence-corrected chi connectivity index (χ0v) is 18.2. The van der Waals surface area contributed by atoms with E-state index in [1.807, 2.05) is 23.5 Å². The van der Waals surface area contributed by atoms with Crippen molar-refractivity contribution in [2.45, 2.75) is 32.9 Å². The van der Waals surface area contributed by atoms with Gasteiger partial charge in [0.2, 0.25) is 0 Å². The largest absolute Gasteiger partial charge is 0.354 e. The number of hydrogen-bond acceptors (Lipinski definition) is 2. The van der Waals surface area contributed by atoms with Crippen molar-refractivity contribution < 1.29 is 9.80 Å². The van der Waals surface area contributed by atoms with Crippen molar-refractivity contribution in [3.63, 3.8) is 0 Å². The number of nitrogens with one attached hydrogen (secondary N) is 4. The lowest BCUT2D eigenvalue weighted by Gasteiger charge is -2.37. The summed E-state index contributed by atoms with van der Waals surface area (Å²) in [5.41, 5.74) is 2.27. The molecule has 2 atom stereocenters. The molecule has 0 bridgehead atoms. The summed E-state index contributed by atoms with van der Waals surface area (Å²) >= 11 is 7.49. The van der Waals surface area contributed by atoms with Crippen molar-refractivity contribution in [3.05, 3.63) is 52.2 Å². The van der Waals surface area contributed by atoms with Crippen LogP contribution in [0.4, 0.5) is 5.69 Å². The van der Waals surface area contributed by atoms with Gasteiger partial charge in [-0.05, 0) is 56.1 Å². The lowest BCUT2D eigenvalue weighted by molar-refractivity contribution is -1.03. The molecule has 0 unspecified atom stereocenters. The highest BCUT2D eigenvalue weighted by Gasteiger charge is 2.34. The number of thiophene rings is 1. The molecule has 0 amide bonds. The summed E-state index contributed by atoms with van der Waals surface area (Å²) in [7, 11) is 0. The SMILES string of the molecule is CC[NH+]1CC[NH+]([C@H](c2cccs2)[C@@H](C)NC(=S)Nc2ccccc2C)CC1. The van der Waals surface area contributed by atoms with E-state index in [0.717, 1.165) is 5.69 Å². The Morgan fingerprint density at radius 1 is 1.15 bits per heavy atom. The summed E-state index contributed by atoms with van der Waals surface area (Å²) in [6, 6.07) is 13.4. The van der Waals surface area contributed by atoms with Gasteiger partial charge in [-0.3, -0.25) is 0 Å². The standard InChI is InChI=1S/C21H30N4S2/c1-4-24-11-13-25(14-12-24)20(19-10-7-15-27-19)17(3)22-21(26)23-18-9-6-5-8-16(18)2/h5-10,15,17,20H,4,11-14H2,1-3H3,(H2,22,23,26)/p+2/t17-,20+/m1/s1. The molecular formula is C21H32N4S2+2. The normalized spacial score (nSPS) is 22.0. The van der Waals surface area contributed by atoms with Crippen LogP contribution in [0.5, 0.6) is 0 Å². The third-order valence-electron chi connectivity index (χ3n) is 5.64. The number of thiocarbonyl (C=S) groups is 1. The number of likely N-dealkylation sites (N-methyl/N-ethyl adjacent to an activating group) is 1. The van der Waals surface area contributed by atoms with Crippen molar-refractivity contribution in [1.82, 2.24) is 5.32 Å². The number of para-hydroxylation sites is 1. The van der Waals surface area contributed by atoms with Gasteiger partial charge >= 0.3 is 0 Å². The van der Waals surface area contributed by atoms with Crippen LogP contribution in [-0.2, 0) is 0 Å². The molecule has 3 rings (SSSR count). The fraction of sp³-hybridized carbons (Fsp3) is 0.476. The molecule has 0 aliphatic carbocycles. The van der Waals surface area contributed by atoms with E-state index in [-0.39, 0.29) is 6.04 Å².